The van der Waals surface area contributed by atoms with E-state index in [2.05, 4.69) is 16.0 Å². The van der Waals surface area contributed by atoms with Crippen LogP contribution < -0.4 is 16.0 Å². The second-order valence-electron chi connectivity index (χ2n) is 5.70. The smallest absolute Gasteiger partial charge is 0.326 e. The predicted molar refractivity (Wildman–Crippen MR) is 89.6 cm³/mol. The van der Waals surface area contributed by atoms with E-state index in [1.165, 1.54) is 6.92 Å². The molecule has 4 N–H and O–H groups in total. The molecule has 0 rings (SSSR count). The van der Waals surface area contributed by atoms with E-state index >= 15 is 0 Å². The summed E-state index contributed by atoms with van der Waals surface area (Å²) in [4.78, 5) is 57.3. The number of hydrogen-bond acceptors (Lipinski definition) is 5. The maximum atomic E-state index is 11.9. The Morgan fingerprint density at radius 3 is 1.96 bits per heavy atom. The van der Waals surface area contributed by atoms with Crippen molar-refractivity contribution in [2.24, 2.45) is 0 Å². The van der Waals surface area contributed by atoms with Crippen LogP contribution in [0.25, 0.3) is 0 Å². The first-order chi connectivity index (χ1) is 11.7. The van der Waals surface area contributed by atoms with Crippen LogP contribution in [0.15, 0.2) is 0 Å². The minimum Gasteiger partial charge on any atom is -0.480 e. The highest BCUT2D eigenvalue weighted by molar-refractivity contribution is 5.90. The molecule has 0 aromatic heterocycles. The first-order valence-corrected chi connectivity index (χ1v) is 8.29. The lowest BCUT2D eigenvalue weighted by atomic mass is 10.1. The quantitative estimate of drug-likeness (QED) is 0.379. The molecule has 0 aliphatic carbocycles. The molecule has 0 aromatic carbocycles. The Balaban J connectivity index is 4.48. The Bertz CT molecular complexity index is 506. The summed E-state index contributed by atoms with van der Waals surface area (Å²) in [6, 6.07) is -1.96. The molecule has 2 unspecified atom stereocenters. The number of rotatable bonds is 12. The van der Waals surface area contributed by atoms with Gasteiger partial charge >= 0.3 is 5.97 Å². The summed E-state index contributed by atoms with van der Waals surface area (Å²) >= 11 is 0. The van der Waals surface area contributed by atoms with Gasteiger partial charge in [-0.15, -0.1) is 0 Å². The van der Waals surface area contributed by atoms with Crippen LogP contribution in [0.3, 0.4) is 0 Å². The molecule has 0 saturated carbocycles. The Kier molecular flexibility index (Phi) is 10.8. The second kappa shape index (κ2) is 12.0. The largest absolute Gasteiger partial charge is 0.480 e. The summed E-state index contributed by atoms with van der Waals surface area (Å²) in [7, 11) is 0. The molecule has 0 heterocycles. The minimum absolute atomic E-state index is 0.0812. The summed E-state index contributed by atoms with van der Waals surface area (Å²) in [6.07, 6.45) is 0.892. The highest BCUT2D eigenvalue weighted by atomic mass is 16.4. The molecular weight excluding hydrogens is 330 g/mol. The average Bonchev–Trinajstić information content (AvgIpc) is 2.54. The lowest BCUT2D eigenvalue weighted by Gasteiger charge is -2.18. The highest BCUT2D eigenvalue weighted by Crippen LogP contribution is 2.01. The zero-order valence-electron chi connectivity index (χ0n) is 14.9. The van der Waals surface area contributed by atoms with Crippen molar-refractivity contribution >= 4 is 29.5 Å². The van der Waals surface area contributed by atoms with Gasteiger partial charge in [-0.2, -0.15) is 0 Å². The fourth-order valence-corrected chi connectivity index (χ4v) is 1.98. The molecule has 25 heavy (non-hydrogen) atoms. The van der Waals surface area contributed by atoms with E-state index in [1.54, 1.807) is 13.8 Å². The van der Waals surface area contributed by atoms with Gasteiger partial charge in [0.05, 0.1) is 6.54 Å². The van der Waals surface area contributed by atoms with Gasteiger partial charge in [0.15, 0.2) is 0 Å². The van der Waals surface area contributed by atoms with Crippen molar-refractivity contribution in [3.63, 3.8) is 0 Å². The van der Waals surface area contributed by atoms with Gasteiger partial charge in [-0.3, -0.25) is 19.2 Å². The summed E-state index contributed by atoms with van der Waals surface area (Å²) in [5, 5.41) is 16.4. The van der Waals surface area contributed by atoms with E-state index in [1.807, 2.05) is 0 Å². The molecule has 2 atom stereocenters. The SMILES string of the molecule is CCCC(=O)NC(CCC(=O)NC(CC)C(=O)NCC(C)=O)C(=O)O. The van der Waals surface area contributed by atoms with Crippen LogP contribution in [0.2, 0.25) is 0 Å². The first-order valence-electron chi connectivity index (χ1n) is 8.29. The summed E-state index contributed by atoms with van der Waals surface area (Å²) in [5.41, 5.74) is 0. The number of Topliss-reactive ketones (excluding diaryl/α,β-unsaturated/α-hetero) is 1. The Hall–Kier alpha value is -2.45. The van der Waals surface area contributed by atoms with Gasteiger partial charge in [-0.25, -0.2) is 4.79 Å². The maximum absolute atomic E-state index is 11.9. The molecule has 0 radical (unpaired) electrons. The number of carboxylic acids is 1. The van der Waals surface area contributed by atoms with Crippen LogP contribution in [0.4, 0.5) is 0 Å². The van der Waals surface area contributed by atoms with Crippen LogP contribution in [0.1, 0.15) is 52.9 Å². The third-order valence-electron chi connectivity index (χ3n) is 3.34. The number of hydrogen-bond donors (Lipinski definition) is 4. The number of carbonyl (C=O) groups excluding carboxylic acids is 4. The molecule has 9 heteroatoms. The molecule has 0 spiro atoms. The Morgan fingerprint density at radius 1 is 0.920 bits per heavy atom. The maximum Gasteiger partial charge on any atom is 0.326 e. The van der Waals surface area contributed by atoms with Gasteiger partial charge in [0.25, 0.3) is 0 Å². The van der Waals surface area contributed by atoms with Crippen molar-refractivity contribution in [3.8, 4) is 0 Å². The average molecular weight is 357 g/mol. The van der Waals surface area contributed by atoms with Crippen LogP contribution >= 0.6 is 0 Å². The molecule has 0 saturated heterocycles. The van der Waals surface area contributed by atoms with Crippen LogP contribution in [-0.4, -0.2) is 53.2 Å². The van der Waals surface area contributed by atoms with E-state index in [0.29, 0.717) is 12.8 Å². The third-order valence-corrected chi connectivity index (χ3v) is 3.34. The van der Waals surface area contributed by atoms with E-state index in [0.717, 1.165) is 0 Å². The Morgan fingerprint density at radius 2 is 1.48 bits per heavy atom. The van der Waals surface area contributed by atoms with E-state index in [4.69, 9.17) is 5.11 Å². The summed E-state index contributed by atoms with van der Waals surface area (Å²) in [6.45, 7) is 4.71. The van der Waals surface area contributed by atoms with Crippen molar-refractivity contribution < 1.29 is 29.1 Å². The highest BCUT2D eigenvalue weighted by Gasteiger charge is 2.23. The predicted octanol–water partition coefficient (Wildman–Crippen LogP) is -0.264. The number of carboxylic acid groups (broad SMARTS) is 1. The second-order valence-corrected chi connectivity index (χ2v) is 5.70. The molecule has 0 fully saturated rings. The molecule has 9 nitrogen and oxygen atoms in total. The van der Waals surface area contributed by atoms with E-state index in [9.17, 15) is 24.0 Å². The fourth-order valence-electron chi connectivity index (χ4n) is 1.98. The lowest BCUT2D eigenvalue weighted by molar-refractivity contribution is -0.142. The van der Waals surface area contributed by atoms with Crippen molar-refractivity contribution in [1.29, 1.82) is 0 Å². The fraction of sp³-hybridized carbons (Fsp3) is 0.688. The normalized spacial score (nSPS) is 12.6. The molecule has 142 valence electrons. The van der Waals surface area contributed by atoms with Gasteiger partial charge in [-0.1, -0.05) is 13.8 Å². The standard InChI is InChI=1S/C16H27N3O6/c1-4-6-13(21)19-12(16(24)25)7-8-14(22)18-11(5-2)15(23)17-9-10(3)20/h11-12H,4-9H2,1-3H3,(H,17,23)(H,18,22)(H,19,21)(H,24,25). The van der Waals surface area contributed by atoms with E-state index < -0.39 is 29.9 Å². The molecule has 0 aliphatic rings. The number of carbonyl (C=O) groups is 5. The van der Waals surface area contributed by atoms with Gasteiger partial charge in [0, 0.05) is 12.8 Å². The Labute approximate surface area is 146 Å². The third kappa shape index (κ3) is 10.1. The monoisotopic (exact) mass is 357 g/mol. The first kappa shape index (κ1) is 22.6. The minimum atomic E-state index is -1.22. The lowest BCUT2D eigenvalue weighted by Crippen LogP contribution is -2.48. The van der Waals surface area contributed by atoms with Gasteiger partial charge in [-0.05, 0) is 26.2 Å². The summed E-state index contributed by atoms with van der Waals surface area (Å²) < 4.78 is 0. The number of ketones is 1. The molecular formula is C16H27N3O6. The van der Waals surface area contributed by atoms with Crippen LogP contribution in [-0.2, 0) is 24.0 Å². The van der Waals surface area contributed by atoms with Gasteiger partial charge < -0.3 is 21.1 Å². The van der Waals surface area contributed by atoms with Crippen molar-refractivity contribution in [2.75, 3.05) is 6.54 Å². The summed E-state index contributed by atoms with van der Waals surface area (Å²) in [5.74, 6) is -2.78. The topological polar surface area (TPSA) is 142 Å². The molecule has 0 aliphatic heterocycles. The van der Waals surface area contributed by atoms with Gasteiger partial charge in [0.1, 0.15) is 17.9 Å². The zero-order chi connectivity index (χ0) is 19.4. The van der Waals surface area contributed by atoms with Crippen LogP contribution in [0, 0.1) is 0 Å². The number of amides is 3. The van der Waals surface area contributed by atoms with Gasteiger partial charge in [0.2, 0.25) is 17.7 Å². The van der Waals surface area contributed by atoms with Crippen molar-refractivity contribution in [3.05, 3.63) is 0 Å². The number of nitrogens with one attached hydrogen (secondary N) is 3. The molecule has 0 aromatic rings. The molecule has 3 amide bonds. The molecule has 0 bridgehead atoms. The van der Waals surface area contributed by atoms with E-state index in [-0.39, 0.29) is 37.5 Å². The van der Waals surface area contributed by atoms with Crippen LogP contribution in [0.5, 0.6) is 0 Å². The zero-order valence-corrected chi connectivity index (χ0v) is 14.9. The van der Waals surface area contributed by atoms with Crippen molar-refractivity contribution in [2.45, 2.75) is 65.0 Å². The van der Waals surface area contributed by atoms with Crippen molar-refractivity contribution in [1.82, 2.24) is 16.0 Å². The number of aliphatic carboxylic acids is 1.